The van der Waals surface area contributed by atoms with Crippen molar-refractivity contribution in [3.05, 3.63) is 47.1 Å². The zero-order valence-corrected chi connectivity index (χ0v) is 26.9. The van der Waals surface area contributed by atoms with Crippen molar-refractivity contribution in [1.29, 1.82) is 0 Å². The summed E-state index contributed by atoms with van der Waals surface area (Å²) in [6, 6.07) is 0. The molecule has 4 heterocycles. The van der Waals surface area contributed by atoms with Gasteiger partial charge in [-0.05, 0) is 55.6 Å². The highest BCUT2D eigenvalue weighted by molar-refractivity contribution is 8.13. The average molecular weight is 617 g/mol. The molecule has 3 fully saturated rings. The van der Waals surface area contributed by atoms with Gasteiger partial charge in [-0.25, -0.2) is 0 Å². The van der Waals surface area contributed by atoms with Crippen LogP contribution in [0.4, 0.5) is 0 Å². The van der Waals surface area contributed by atoms with E-state index in [1.54, 1.807) is 12.2 Å². The van der Waals surface area contributed by atoms with E-state index >= 15 is 0 Å². The second-order valence-corrected chi connectivity index (χ2v) is 14.4. The van der Waals surface area contributed by atoms with Crippen molar-refractivity contribution >= 4 is 22.8 Å². The highest BCUT2D eigenvalue weighted by Crippen LogP contribution is 2.47. The van der Waals surface area contributed by atoms with Crippen molar-refractivity contribution in [1.82, 2.24) is 0 Å². The molecule has 1 aliphatic carbocycles. The molecule has 0 aromatic heterocycles. The molecule has 0 unspecified atom stereocenters. The summed E-state index contributed by atoms with van der Waals surface area (Å²) in [7, 11) is 0. The van der Waals surface area contributed by atoms with E-state index < -0.39 is 41.6 Å². The van der Waals surface area contributed by atoms with Crippen molar-refractivity contribution < 1.29 is 38.7 Å². The summed E-state index contributed by atoms with van der Waals surface area (Å²) in [5.41, 5.74) is 0.479. The third-order valence-corrected chi connectivity index (χ3v) is 10.7. The largest absolute Gasteiger partial charge is 0.462 e. The highest BCUT2D eigenvalue weighted by atomic mass is 32.2. The zero-order valence-electron chi connectivity index (χ0n) is 26.1. The van der Waals surface area contributed by atoms with Gasteiger partial charge < -0.3 is 29.2 Å². The van der Waals surface area contributed by atoms with Crippen LogP contribution in [0.25, 0.3) is 0 Å². The zero-order chi connectivity index (χ0) is 30.9. The maximum Gasteiger partial charge on any atom is 0.316 e. The maximum absolute atomic E-state index is 14.1. The lowest BCUT2D eigenvalue weighted by Crippen LogP contribution is -2.58. The molecule has 0 aromatic carbocycles. The Labute approximate surface area is 259 Å². The van der Waals surface area contributed by atoms with Gasteiger partial charge >= 0.3 is 5.97 Å². The van der Waals surface area contributed by atoms with Crippen LogP contribution in [-0.2, 0) is 28.5 Å². The molecule has 3 saturated heterocycles. The summed E-state index contributed by atoms with van der Waals surface area (Å²) >= 11 is 1.05. The number of hydrogen-bond acceptors (Lipinski definition) is 9. The molecule has 2 bridgehead atoms. The van der Waals surface area contributed by atoms with Gasteiger partial charge in [0.1, 0.15) is 29.8 Å². The first-order valence-electron chi connectivity index (χ1n) is 15.9. The Hall–Kier alpha value is -1.75. The third kappa shape index (κ3) is 6.92. The normalized spacial score (nSPS) is 45.2. The number of thioether (sulfide) groups is 1. The maximum atomic E-state index is 14.1. The first-order chi connectivity index (χ1) is 20.4. The van der Waals surface area contributed by atoms with E-state index in [-0.39, 0.29) is 35.6 Å². The van der Waals surface area contributed by atoms with Crippen molar-refractivity contribution in [3.63, 3.8) is 0 Å². The van der Waals surface area contributed by atoms with Gasteiger partial charge in [-0.3, -0.25) is 9.59 Å². The Morgan fingerprint density at radius 1 is 1.21 bits per heavy atom. The number of ether oxygens (including phenoxy) is 4. The van der Waals surface area contributed by atoms with Gasteiger partial charge in [0.2, 0.25) is 0 Å². The van der Waals surface area contributed by atoms with Gasteiger partial charge in [0, 0.05) is 31.9 Å². The number of allylic oxidation sites excluding steroid dienone is 4. The van der Waals surface area contributed by atoms with E-state index in [0.717, 1.165) is 37.4 Å². The summed E-state index contributed by atoms with van der Waals surface area (Å²) in [5.74, 6) is -1.63. The molecule has 5 rings (SSSR count). The van der Waals surface area contributed by atoms with Crippen LogP contribution in [0.2, 0.25) is 0 Å². The highest BCUT2D eigenvalue weighted by Gasteiger charge is 2.60. The SMILES string of the molecule is CC[C@H]1O[C@]2(CC[C@@H]1C)C[C@@H]1C[C@@H](C/C=C(\C)C[C@@H](C)/C=C/C=C3\CO[C@@H]4[C@H](O)C(CSC(C)=O)=C[C@@H](C(=O)O1)[C@]34O)O2. The van der Waals surface area contributed by atoms with Gasteiger partial charge in [-0.15, -0.1) is 0 Å². The summed E-state index contributed by atoms with van der Waals surface area (Å²) < 4.78 is 25.6. The van der Waals surface area contributed by atoms with Gasteiger partial charge in [0.05, 0.1) is 18.8 Å². The minimum absolute atomic E-state index is 0.0699. The molecule has 0 radical (unpaired) electrons. The molecule has 9 heteroatoms. The average Bonchev–Trinajstić information content (AvgIpc) is 3.29. The van der Waals surface area contributed by atoms with Crippen molar-refractivity contribution in [2.24, 2.45) is 17.8 Å². The molecule has 8 nitrogen and oxygen atoms in total. The van der Waals surface area contributed by atoms with Crippen LogP contribution in [-0.4, -0.2) is 75.6 Å². The number of aliphatic hydroxyl groups excluding tert-OH is 1. The number of rotatable bonds is 3. The predicted octanol–water partition coefficient (Wildman–Crippen LogP) is 5.18. The monoisotopic (exact) mass is 616 g/mol. The van der Waals surface area contributed by atoms with Crippen LogP contribution in [0.5, 0.6) is 0 Å². The lowest BCUT2D eigenvalue weighted by molar-refractivity contribution is -0.335. The molecule has 0 saturated carbocycles. The topological polar surface area (TPSA) is 112 Å². The van der Waals surface area contributed by atoms with Crippen LogP contribution in [0.3, 0.4) is 0 Å². The predicted molar refractivity (Wildman–Crippen MR) is 165 cm³/mol. The number of carbonyl (C=O) groups excluding carboxylic acids is 2. The second-order valence-electron chi connectivity index (χ2n) is 13.3. The van der Waals surface area contributed by atoms with Crippen molar-refractivity contribution in [3.8, 4) is 0 Å². The molecular weight excluding hydrogens is 568 g/mol. The van der Waals surface area contributed by atoms with Crippen LogP contribution < -0.4 is 0 Å². The molecule has 4 aliphatic heterocycles. The Morgan fingerprint density at radius 3 is 2.74 bits per heavy atom. The molecule has 10 atom stereocenters. The molecule has 2 N–H and O–H groups in total. The molecular formula is C34H48O8S. The smallest absolute Gasteiger partial charge is 0.316 e. The van der Waals surface area contributed by atoms with Crippen LogP contribution in [0.1, 0.15) is 79.6 Å². The minimum atomic E-state index is -1.78. The fourth-order valence-corrected chi connectivity index (χ4v) is 8.09. The lowest BCUT2D eigenvalue weighted by atomic mass is 9.71. The quantitative estimate of drug-likeness (QED) is 0.327. The molecule has 238 valence electrons. The number of aliphatic hydroxyl groups is 2. The molecule has 0 amide bonds. The van der Waals surface area contributed by atoms with E-state index in [4.69, 9.17) is 18.9 Å². The number of fused-ring (bicyclic) bond motifs is 2. The summed E-state index contributed by atoms with van der Waals surface area (Å²) in [6.07, 6.45) is 11.9. The van der Waals surface area contributed by atoms with Crippen LogP contribution in [0.15, 0.2) is 47.1 Å². The minimum Gasteiger partial charge on any atom is -0.462 e. The molecule has 43 heavy (non-hydrogen) atoms. The Bertz CT molecular complexity index is 1190. The van der Waals surface area contributed by atoms with E-state index in [1.807, 2.05) is 6.08 Å². The van der Waals surface area contributed by atoms with Gasteiger partial charge in [-0.1, -0.05) is 68.5 Å². The molecule has 1 spiro atoms. The van der Waals surface area contributed by atoms with Gasteiger partial charge in [0.25, 0.3) is 0 Å². The molecule has 0 aromatic rings. The summed E-state index contributed by atoms with van der Waals surface area (Å²) in [4.78, 5) is 25.9. The van der Waals surface area contributed by atoms with Crippen LogP contribution in [0, 0.1) is 17.8 Å². The van der Waals surface area contributed by atoms with E-state index in [0.29, 0.717) is 36.3 Å². The number of hydrogen-bond donors (Lipinski definition) is 2. The fraction of sp³-hybridized carbons (Fsp3) is 0.706. The van der Waals surface area contributed by atoms with Crippen LogP contribution >= 0.6 is 11.8 Å². The third-order valence-electron chi connectivity index (χ3n) is 9.81. The standard InChI is InChI=1S/C34H48O8S/c1-6-29-22(4)12-13-33(42-29)17-27-16-26(41-33)11-10-21(3)14-20(2)8-7-9-25-18-39-31-30(36)24(19-43-23(5)35)15-28(32(37)40-27)34(25,31)38/h7-10,15,20,22,26-31,36,38H,6,11-14,16-19H2,1-5H3/b8-7+,21-10+,25-9+/t20-,22-,26+,27-,28-,29+,30+,31+,33+,34+/m0/s1. The fourth-order valence-electron chi connectivity index (χ4n) is 7.45. The Balaban J connectivity index is 1.53. The van der Waals surface area contributed by atoms with Crippen molar-refractivity contribution in [2.75, 3.05) is 12.4 Å². The first kappa shape index (κ1) is 32.6. The Morgan fingerprint density at radius 2 is 2.00 bits per heavy atom. The summed E-state index contributed by atoms with van der Waals surface area (Å²) in [6.45, 7) is 10.2. The number of carbonyl (C=O) groups is 2. The van der Waals surface area contributed by atoms with E-state index in [2.05, 4.69) is 39.8 Å². The van der Waals surface area contributed by atoms with Gasteiger partial charge in [0.15, 0.2) is 10.9 Å². The Kier molecular flexibility index (Phi) is 10.1. The first-order valence-corrected chi connectivity index (χ1v) is 16.9. The number of esters is 1. The second kappa shape index (κ2) is 13.3. The summed E-state index contributed by atoms with van der Waals surface area (Å²) in [5, 5.41) is 23.4. The van der Waals surface area contributed by atoms with E-state index in [1.165, 1.54) is 12.5 Å². The van der Waals surface area contributed by atoms with E-state index in [9.17, 15) is 19.8 Å². The van der Waals surface area contributed by atoms with Gasteiger partial charge in [-0.2, -0.15) is 0 Å². The lowest BCUT2D eigenvalue weighted by Gasteiger charge is -2.50. The van der Waals surface area contributed by atoms with Crippen molar-refractivity contribution in [2.45, 2.75) is 121 Å². The molecule has 5 aliphatic rings.